The van der Waals surface area contributed by atoms with Crippen LogP contribution >= 0.6 is 0 Å². The van der Waals surface area contributed by atoms with Gasteiger partial charge in [0.25, 0.3) is 0 Å². The van der Waals surface area contributed by atoms with Crippen LogP contribution in [0.4, 0.5) is 31.1 Å². The van der Waals surface area contributed by atoms with E-state index in [0.717, 1.165) is 0 Å². The standard InChI is InChI=1S/C29H31F6N3O3/c1-19(39)37-14-15-38(26(37)41)24-10-12-36(13-11-24)27(2,21-6-4-3-5-7-21)25(40)9-8-20-16-22(28(30,31)32)18-23(17-20)29(33,34)35/h3-7,16-18,24H,8-15H2,1-2H3. The van der Waals surface area contributed by atoms with Crippen LogP contribution < -0.4 is 0 Å². The molecule has 0 saturated carbocycles. The monoisotopic (exact) mass is 583 g/mol. The first-order chi connectivity index (χ1) is 19.1. The Bertz CT molecular complexity index is 1260. The molecule has 6 nitrogen and oxygen atoms in total. The number of benzene rings is 2. The van der Waals surface area contributed by atoms with Crippen molar-refractivity contribution >= 4 is 17.7 Å². The number of likely N-dealkylation sites (tertiary alicyclic amines) is 1. The van der Waals surface area contributed by atoms with Gasteiger partial charge in [-0.3, -0.25) is 19.4 Å². The van der Waals surface area contributed by atoms with Gasteiger partial charge in [-0.25, -0.2) is 4.79 Å². The summed E-state index contributed by atoms with van der Waals surface area (Å²) in [5.74, 6) is -0.659. The van der Waals surface area contributed by atoms with E-state index in [1.807, 2.05) is 4.90 Å². The first kappa shape index (κ1) is 30.5. The number of Topliss-reactive ketones (excluding diaryl/α,β-unsaturated/α-hetero) is 1. The zero-order chi connectivity index (χ0) is 30.2. The van der Waals surface area contributed by atoms with E-state index in [0.29, 0.717) is 56.7 Å². The number of rotatable bonds is 7. The van der Waals surface area contributed by atoms with Crippen molar-refractivity contribution in [3.8, 4) is 0 Å². The number of nitrogens with zero attached hydrogens (tertiary/aromatic N) is 3. The number of urea groups is 1. The third-order valence-corrected chi connectivity index (χ3v) is 8.13. The molecule has 1 atom stereocenters. The van der Waals surface area contributed by atoms with Crippen LogP contribution in [0.3, 0.4) is 0 Å². The average Bonchev–Trinajstić information content (AvgIpc) is 3.32. The van der Waals surface area contributed by atoms with Crippen molar-refractivity contribution in [3.05, 3.63) is 70.8 Å². The van der Waals surface area contributed by atoms with E-state index in [1.165, 1.54) is 11.8 Å². The van der Waals surface area contributed by atoms with Crippen LogP contribution in [-0.2, 0) is 33.9 Å². The van der Waals surface area contributed by atoms with Crippen molar-refractivity contribution < 1.29 is 40.7 Å². The van der Waals surface area contributed by atoms with Crippen molar-refractivity contribution in [2.45, 2.75) is 63.5 Å². The maximum absolute atomic E-state index is 13.8. The number of aryl methyl sites for hydroxylation is 1. The van der Waals surface area contributed by atoms with Crippen LogP contribution in [0.1, 0.15) is 55.4 Å². The van der Waals surface area contributed by atoms with Gasteiger partial charge in [0.1, 0.15) is 5.54 Å². The molecule has 0 aliphatic carbocycles. The highest BCUT2D eigenvalue weighted by Gasteiger charge is 2.44. The topological polar surface area (TPSA) is 60.9 Å². The third kappa shape index (κ3) is 6.42. The number of ketones is 1. The lowest BCUT2D eigenvalue weighted by atomic mass is 9.81. The van der Waals surface area contributed by atoms with Crippen LogP contribution in [0.25, 0.3) is 0 Å². The average molecular weight is 584 g/mol. The summed E-state index contributed by atoms with van der Waals surface area (Å²) in [6.45, 7) is 4.65. The Kier molecular flexibility index (Phi) is 8.54. The number of imide groups is 1. The van der Waals surface area contributed by atoms with Crippen LogP contribution in [0.15, 0.2) is 48.5 Å². The van der Waals surface area contributed by atoms with Crippen molar-refractivity contribution in [3.63, 3.8) is 0 Å². The summed E-state index contributed by atoms with van der Waals surface area (Å²) in [6, 6.07) is 9.77. The van der Waals surface area contributed by atoms with Crippen molar-refractivity contribution in [1.82, 2.24) is 14.7 Å². The van der Waals surface area contributed by atoms with Gasteiger partial charge in [0.2, 0.25) is 5.91 Å². The molecule has 2 aliphatic rings. The van der Waals surface area contributed by atoms with E-state index in [-0.39, 0.29) is 48.2 Å². The summed E-state index contributed by atoms with van der Waals surface area (Å²) in [4.78, 5) is 43.0. The lowest BCUT2D eigenvalue weighted by Crippen LogP contribution is -2.55. The first-order valence-corrected chi connectivity index (χ1v) is 13.3. The Labute approximate surface area is 233 Å². The van der Waals surface area contributed by atoms with Crippen LogP contribution in [0, 0.1) is 0 Å². The van der Waals surface area contributed by atoms with Gasteiger partial charge in [0, 0.05) is 45.6 Å². The molecule has 41 heavy (non-hydrogen) atoms. The predicted molar refractivity (Wildman–Crippen MR) is 138 cm³/mol. The number of carbonyl (C=O) groups excluding carboxylic acids is 3. The van der Waals surface area contributed by atoms with E-state index in [2.05, 4.69) is 0 Å². The van der Waals surface area contributed by atoms with Crippen LogP contribution in [0.2, 0.25) is 0 Å². The highest BCUT2D eigenvalue weighted by molar-refractivity contribution is 5.94. The van der Waals surface area contributed by atoms with Gasteiger partial charge in [0.05, 0.1) is 11.1 Å². The van der Waals surface area contributed by atoms with Crippen LogP contribution in [0.5, 0.6) is 0 Å². The minimum Gasteiger partial charge on any atom is -0.319 e. The zero-order valence-corrected chi connectivity index (χ0v) is 22.7. The molecular weight excluding hydrogens is 552 g/mol. The van der Waals surface area contributed by atoms with Gasteiger partial charge < -0.3 is 4.90 Å². The third-order valence-electron chi connectivity index (χ3n) is 8.13. The second kappa shape index (κ2) is 11.5. The molecule has 0 radical (unpaired) electrons. The molecule has 0 bridgehead atoms. The second-order valence-electron chi connectivity index (χ2n) is 10.6. The fraction of sp³-hybridized carbons (Fsp3) is 0.483. The molecule has 2 aromatic carbocycles. The molecule has 3 amide bonds. The SMILES string of the molecule is CC(=O)N1CCN(C2CCN(C(C)(C(=O)CCc3cc(C(F)(F)F)cc(C(F)(F)F)c3)c3ccccc3)CC2)C1=O. The molecular formula is C29H31F6N3O3. The van der Waals surface area contributed by atoms with Gasteiger partial charge in [0.15, 0.2) is 5.78 Å². The summed E-state index contributed by atoms with van der Waals surface area (Å²) in [6.07, 6.45) is -9.44. The Hall–Kier alpha value is -3.41. The lowest BCUT2D eigenvalue weighted by Gasteiger charge is -2.45. The van der Waals surface area contributed by atoms with E-state index < -0.39 is 29.0 Å². The number of carbonyl (C=O) groups is 3. The summed E-state index contributed by atoms with van der Waals surface area (Å²) >= 11 is 0. The van der Waals surface area contributed by atoms with Crippen molar-refractivity contribution in [2.24, 2.45) is 0 Å². The highest BCUT2D eigenvalue weighted by atomic mass is 19.4. The number of hydrogen-bond acceptors (Lipinski definition) is 4. The quantitative estimate of drug-likeness (QED) is 0.382. The summed E-state index contributed by atoms with van der Waals surface area (Å²) in [5.41, 5.74) is -3.59. The van der Waals surface area contributed by atoms with Crippen molar-refractivity contribution in [2.75, 3.05) is 26.2 Å². The van der Waals surface area contributed by atoms with E-state index in [4.69, 9.17) is 0 Å². The molecule has 12 heteroatoms. The molecule has 2 fully saturated rings. The molecule has 222 valence electrons. The minimum absolute atomic E-state index is 0.0737. The molecule has 2 aromatic rings. The molecule has 0 N–H and O–H groups in total. The largest absolute Gasteiger partial charge is 0.416 e. The molecule has 0 spiro atoms. The van der Waals surface area contributed by atoms with E-state index in [1.54, 1.807) is 42.2 Å². The van der Waals surface area contributed by atoms with Crippen molar-refractivity contribution in [1.29, 1.82) is 0 Å². The Morgan fingerprint density at radius 3 is 1.88 bits per heavy atom. The number of amides is 3. The minimum atomic E-state index is -4.97. The summed E-state index contributed by atoms with van der Waals surface area (Å²) in [7, 11) is 0. The molecule has 2 aliphatic heterocycles. The molecule has 0 aromatic heterocycles. The number of alkyl halides is 6. The highest BCUT2D eigenvalue weighted by Crippen LogP contribution is 2.38. The number of hydrogen-bond donors (Lipinski definition) is 0. The second-order valence-corrected chi connectivity index (χ2v) is 10.6. The molecule has 1 unspecified atom stereocenters. The fourth-order valence-corrected chi connectivity index (χ4v) is 5.76. The summed E-state index contributed by atoms with van der Waals surface area (Å²) < 4.78 is 80.0. The van der Waals surface area contributed by atoms with Crippen LogP contribution in [-0.4, -0.2) is 64.6 Å². The van der Waals surface area contributed by atoms with Gasteiger partial charge in [-0.1, -0.05) is 30.3 Å². The maximum Gasteiger partial charge on any atom is 0.416 e. The summed E-state index contributed by atoms with van der Waals surface area (Å²) in [5, 5.41) is 0. The number of piperidine rings is 1. The zero-order valence-electron chi connectivity index (χ0n) is 22.7. The van der Waals surface area contributed by atoms with Gasteiger partial charge in [-0.15, -0.1) is 0 Å². The Morgan fingerprint density at radius 2 is 1.39 bits per heavy atom. The Morgan fingerprint density at radius 1 is 0.829 bits per heavy atom. The predicted octanol–water partition coefficient (Wildman–Crippen LogP) is 5.89. The molecule has 4 rings (SSSR count). The van der Waals surface area contributed by atoms with Gasteiger partial charge in [-0.05, 0) is 55.5 Å². The molecule has 2 heterocycles. The first-order valence-electron chi connectivity index (χ1n) is 13.3. The molecule has 2 saturated heterocycles. The smallest absolute Gasteiger partial charge is 0.319 e. The number of halogens is 6. The van der Waals surface area contributed by atoms with E-state index in [9.17, 15) is 40.7 Å². The van der Waals surface area contributed by atoms with Gasteiger partial charge >= 0.3 is 18.4 Å². The lowest BCUT2D eigenvalue weighted by molar-refractivity contribution is -0.143. The maximum atomic E-state index is 13.8. The normalized spacial score (nSPS) is 19.0. The van der Waals surface area contributed by atoms with Gasteiger partial charge in [-0.2, -0.15) is 26.3 Å². The Balaban J connectivity index is 1.54. The van der Waals surface area contributed by atoms with E-state index >= 15 is 0 Å². The fourth-order valence-electron chi connectivity index (χ4n) is 5.76.